The van der Waals surface area contributed by atoms with Gasteiger partial charge in [-0.05, 0) is 47.1 Å². The van der Waals surface area contributed by atoms with E-state index in [1.165, 1.54) is 44.2 Å². The summed E-state index contributed by atoms with van der Waals surface area (Å²) in [6.07, 6.45) is 0. The Morgan fingerprint density at radius 3 is 1.21 bits per heavy atom. The predicted molar refractivity (Wildman–Crippen MR) is 157 cm³/mol. The SMILES string of the molecule is Cc1cc(P(C(C)C)C(C)C)c2c(c1)C(C)(C)c1cc(C)cc(P(C(C)C)C(C)C)c1[N-]2.[Cl][Ni]. The first-order valence-electron chi connectivity index (χ1n) is 12.5. The minimum absolute atomic E-state index is 0.0438. The van der Waals surface area contributed by atoms with E-state index in [-0.39, 0.29) is 21.3 Å². The Morgan fingerprint density at radius 1 is 0.647 bits per heavy atom. The number of rotatable bonds is 6. The number of hydrogen-bond donors (Lipinski definition) is 0. The van der Waals surface area contributed by atoms with Crippen LogP contribution in [0.3, 0.4) is 0 Å². The molecular weight excluding hydrogens is 518 g/mol. The first-order valence-corrected chi connectivity index (χ1v) is 16.8. The van der Waals surface area contributed by atoms with Crippen molar-refractivity contribution in [1.29, 1.82) is 0 Å². The van der Waals surface area contributed by atoms with Crippen LogP contribution in [0.1, 0.15) is 91.5 Å². The fourth-order valence-electron chi connectivity index (χ4n) is 5.66. The molecule has 0 amide bonds. The average molecular weight is 563 g/mol. The van der Waals surface area contributed by atoms with Crippen LogP contribution in [0.2, 0.25) is 0 Å². The monoisotopic (exact) mass is 561 g/mol. The molecule has 2 aromatic carbocycles. The van der Waals surface area contributed by atoms with Crippen LogP contribution in [0, 0.1) is 13.8 Å². The quantitative estimate of drug-likeness (QED) is 0.246. The molecule has 193 valence electrons. The van der Waals surface area contributed by atoms with Crippen molar-refractivity contribution in [2.75, 3.05) is 0 Å². The second kappa shape index (κ2) is 12.0. The summed E-state index contributed by atoms with van der Waals surface area (Å²) in [7, 11) is 3.70. The third-order valence-electron chi connectivity index (χ3n) is 6.82. The van der Waals surface area contributed by atoms with Gasteiger partial charge in [0.25, 0.3) is 0 Å². The average Bonchev–Trinajstić information content (AvgIpc) is 2.70. The fraction of sp³-hybridized carbons (Fsp3) is 0.586. The van der Waals surface area contributed by atoms with Gasteiger partial charge >= 0.3 is 24.8 Å². The summed E-state index contributed by atoms with van der Waals surface area (Å²) in [4.78, 5) is 0. The molecule has 3 rings (SSSR count). The number of hydrogen-bond acceptors (Lipinski definition) is 0. The van der Waals surface area contributed by atoms with Crippen molar-refractivity contribution >= 4 is 48.0 Å². The maximum atomic E-state index is 5.59. The Kier molecular flexibility index (Phi) is 10.6. The molecular formula is C29H44ClNNiP2-. The van der Waals surface area contributed by atoms with E-state index in [1.807, 2.05) is 0 Å². The Balaban J connectivity index is 0.00000199. The Morgan fingerprint density at radius 2 is 0.941 bits per heavy atom. The van der Waals surface area contributed by atoms with E-state index in [2.05, 4.69) is 132 Å². The van der Waals surface area contributed by atoms with Gasteiger partial charge in [-0.3, -0.25) is 0 Å². The van der Waals surface area contributed by atoms with E-state index in [9.17, 15) is 0 Å². The van der Waals surface area contributed by atoms with Crippen LogP contribution in [0.5, 0.6) is 0 Å². The summed E-state index contributed by atoms with van der Waals surface area (Å²) in [6.45, 7) is 28.6. The van der Waals surface area contributed by atoms with E-state index in [1.54, 1.807) is 0 Å². The van der Waals surface area contributed by atoms with Gasteiger partial charge in [-0.1, -0.05) is 132 Å². The van der Waals surface area contributed by atoms with Crippen LogP contribution in [0.4, 0.5) is 11.4 Å². The van der Waals surface area contributed by atoms with Gasteiger partial charge in [-0.25, -0.2) is 0 Å². The zero-order valence-electron chi connectivity index (χ0n) is 23.2. The molecule has 2 aromatic rings. The van der Waals surface area contributed by atoms with Gasteiger partial charge in [0.1, 0.15) is 0 Å². The summed E-state index contributed by atoms with van der Waals surface area (Å²) in [5, 5.41) is 8.63. The molecule has 0 atom stereocenters. The number of benzene rings is 2. The molecule has 1 aliphatic rings. The molecule has 0 unspecified atom stereocenters. The molecule has 0 saturated carbocycles. The van der Waals surface area contributed by atoms with Gasteiger partial charge in [0.15, 0.2) is 0 Å². The van der Waals surface area contributed by atoms with Crippen LogP contribution >= 0.6 is 26.0 Å². The Bertz CT molecular complexity index is 905. The molecule has 34 heavy (non-hydrogen) atoms. The molecule has 0 spiro atoms. The molecule has 0 saturated heterocycles. The summed E-state index contributed by atoms with van der Waals surface area (Å²) in [5.74, 6) is 0. The third-order valence-corrected chi connectivity index (χ3v) is 13.1. The van der Waals surface area contributed by atoms with E-state index >= 15 is 0 Å². The topological polar surface area (TPSA) is 14.1 Å². The molecule has 1 aliphatic heterocycles. The molecule has 5 heteroatoms. The van der Waals surface area contributed by atoms with Crippen molar-refractivity contribution in [3.63, 3.8) is 0 Å². The number of halogens is 1. The molecule has 0 radical (unpaired) electrons. The van der Waals surface area contributed by atoms with Gasteiger partial charge in [0.2, 0.25) is 0 Å². The first-order chi connectivity index (χ1) is 15.8. The molecule has 0 aromatic heterocycles. The van der Waals surface area contributed by atoms with Gasteiger partial charge in [-0.2, -0.15) is 0 Å². The van der Waals surface area contributed by atoms with Crippen molar-refractivity contribution in [2.45, 2.75) is 111 Å². The molecule has 1 heterocycles. The third kappa shape index (κ3) is 5.89. The summed E-state index contributed by atoms with van der Waals surface area (Å²) in [6, 6.07) is 9.73. The summed E-state index contributed by atoms with van der Waals surface area (Å²) >= 11 is 3.35. The molecule has 0 bridgehead atoms. The van der Waals surface area contributed by atoms with Crippen LogP contribution < -0.4 is 10.6 Å². The minimum atomic E-state index is -0.280. The fourth-order valence-corrected chi connectivity index (χ4v) is 11.8. The zero-order valence-corrected chi connectivity index (χ0v) is 26.7. The second-order valence-electron chi connectivity index (χ2n) is 11.3. The Labute approximate surface area is 224 Å². The summed E-state index contributed by atoms with van der Waals surface area (Å²) < 4.78 is 0. The van der Waals surface area contributed by atoms with Crippen LogP contribution in [-0.4, -0.2) is 22.6 Å². The zero-order chi connectivity index (χ0) is 26.1. The van der Waals surface area contributed by atoms with Crippen molar-refractivity contribution in [1.82, 2.24) is 0 Å². The van der Waals surface area contributed by atoms with Crippen LogP contribution in [-0.2, 0) is 20.0 Å². The molecule has 0 fully saturated rings. The van der Waals surface area contributed by atoms with E-state index < -0.39 is 0 Å². The maximum absolute atomic E-state index is 5.59. The molecule has 0 N–H and O–H groups in total. The normalized spacial score (nSPS) is 14.5. The van der Waals surface area contributed by atoms with E-state index in [0.29, 0.717) is 22.6 Å². The van der Waals surface area contributed by atoms with Gasteiger partial charge in [0.05, 0.1) is 0 Å². The predicted octanol–water partition coefficient (Wildman–Crippen LogP) is 9.81. The number of aryl methyl sites for hydroxylation is 2. The second-order valence-corrected chi connectivity index (χ2v) is 18.0. The molecule has 1 nitrogen and oxygen atoms in total. The van der Waals surface area contributed by atoms with Gasteiger partial charge in [0, 0.05) is 5.41 Å². The van der Waals surface area contributed by atoms with Gasteiger partial charge < -0.3 is 5.32 Å². The van der Waals surface area contributed by atoms with Crippen molar-refractivity contribution in [3.8, 4) is 0 Å². The van der Waals surface area contributed by atoms with E-state index in [0.717, 1.165) is 0 Å². The van der Waals surface area contributed by atoms with Crippen LogP contribution in [0.25, 0.3) is 5.32 Å². The first kappa shape index (κ1) is 30.1. The van der Waals surface area contributed by atoms with Crippen molar-refractivity contribution in [2.24, 2.45) is 0 Å². The van der Waals surface area contributed by atoms with E-state index in [4.69, 9.17) is 5.32 Å². The Hall–Kier alpha value is -0.116. The van der Waals surface area contributed by atoms with Crippen molar-refractivity contribution in [3.05, 3.63) is 51.8 Å². The van der Waals surface area contributed by atoms with Gasteiger partial charge in [-0.15, -0.1) is 11.4 Å². The molecule has 0 aliphatic carbocycles. The van der Waals surface area contributed by atoms with Crippen molar-refractivity contribution < 1.29 is 14.6 Å². The number of fused-ring (bicyclic) bond motifs is 2. The number of nitrogens with zero attached hydrogens (tertiary/aromatic N) is 1. The van der Waals surface area contributed by atoms with Crippen LogP contribution in [0.15, 0.2) is 24.3 Å². The summed E-state index contributed by atoms with van der Waals surface area (Å²) in [5.41, 5.74) is 10.7. The standard InChI is InChI=1S/C29H44NP2.ClH.Ni/c1-17(2)31(18(3)4)25-15-21(9)13-23-27(25)30-28-24(29(23,11)12)14-22(10)16-26(28)32(19(5)6)20(7)8;;/h13-20H,1-12H3;1H;/q-1;;+1/p-1.